The van der Waals surface area contributed by atoms with E-state index < -0.39 is 23.6 Å². The maximum atomic E-state index is 14.0. The lowest BCUT2D eigenvalue weighted by atomic mass is 9.79. The number of rotatable bonds is 10. The second-order valence-electron chi connectivity index (χ2n) is 13.5. The minimum atomic E-state index is -0.872. The van der Waals surface area contributed by atoms with Crippen LogP contribution in [0, 0.1) is 24.2 Å². The number of esters is 1. The van der Waals surface area contributed by atoms with E-state index in [4.69, 9.17) is 4.74 Å². The molecule has 1 aromatic heterocycles. The van der Waals surface area contributed by atoms with E-state index in [0.29, 0.717) is 25.9 Å². The molecule has 2 aliphatic rings. The summed E-state index contributed by atoms with van der Waals surface area (Å²) in [5.74, 6) is -1.17. The molecule has 4 atom stereocenters. The van der Waals surface area contributed by atoms with E-state index in [-0.39, 0.29) is 54.5 Å². The van der Waals surface area contributed by atoms with Gasteiger partial charge in [-0.25, -0.2) is 4.98 Å². The van der Waals surface area contributed by atoms with E-state index in [9.17, 15) is 24.3 Å². The molecule has 45 heavy (non-hydrogen) atoms. The van der Waals surface area contributed by atoms with Crippen molar-refractivity contribution in [2.24, 2.45) is 17.3 Å². The molecule has 246 valence electrons. The number of nitrogens with one attached hydrogen (secondary N) is 2. The predicted octanol–water partition coefficient (Wildman–Crippen LogP) is 4.55. The zero-order valence-corrected chi connectivity index (χ0v) is 28.1. The van der Waals surface area contributed by atoms with Gasteiger partial charge in [0.2, 0.25) is 17.7 Å². The van der Waals surface area contributed by atoms with Gasteiger partial charge in [0.25, 0.3) is 0 Å². The molecule has 11 heteroatoms. The standard InChI is InChI=1S/C34H48N4O6S/c1-7-44-28(40)16-22-8-10-25(11-9-22)31(41)37-30(34(4,5)6)33(43)38-18-26(39)17-27(38)32(42)36-20(2)23-12-14-24(15-13-23)29-21(3)35-19-45-29/h12-15,19-20,22,25-27,30,39H,7-11,16-18H2,1-6H3,(H,36,42)(H,37,41)/t20?,22?,25?,26-,27+,30?/m1/s1. The molecule has 2 unspecified atom stereocenters. The molecular weight excluding hydrogens is 592 g/mol. The van der Waals surface area contributed by atoms with Gasteiger partial charge >= 0.3 is 5.97 Å². The van der Waals surface area contributed by atoms with Crippen LogP contribution in [0.25, 0.3) is 10.4 Å². The van der Waals surface area contributed by atoms with Crippen LogP contribution in [0.4, 0.5) is 0 Å². The lowest BCUT2D eigenvalue weighted by molar-refractivity contribution is -0.145. The van der Waals surface area contributed by atoms with Gasteiger partial charge in [0, 0.05) is 25.3 Å². The number of hydrogen-bond acceptors (Lipinski definition) is 8. The van der Waals surface area contributed by atoms with Gasteiger partial charge < -0.3 is 25.4 Å². The zero-order valence-electron chi connectivity index (χ0n) is 27.3. The first kappa shape index (κ1) is 34.6. The van der Waals surface area contributed by atoms with Crippen molar-refractivity contribution in [3.63, 3.8) is 0 Å². The normalized spacial score (nSPS) is 23.2. The molecule has 3 amide bonds. The van der Waals surface area contributed by atoms with E-state index in [1.54, 1.807) is 18.3 Å². The summed E-state index contributed by atoms with van der Waals surface area (Å²) in [5.41, 5.74) is 4.15. The van der Waals surface area contributed by atoms with E-state index in [1.165, 1.54) is 4.90 Å². The van der Waals surface area contributed by atoms with Crippen LogP contribution in [0.2, 0.25) is 0 Å². The third-order valence-electron chi connectivity index (χ3n) is 9.02. The molecule has 1 saturated heterocycles. The Labute approximate surface area is 270 Å². The molecule has 2 fully saturated rings. The molecule has 1 aromatic carbocycles. The van der Waals surface area contributed by atoms with Crippen molar-refractivity contribution in [2.75, 3.05) is 13.2 Å². The number of thiazole rings is 1. The van der Waals surface area contributed by atoms with Gasteiger partial charge in [0.1, 0.15) is 12.1 Å². The molecule has 2 heterocycles. The Kier molecular flexibility index (Phi) is 11.4. The Morgan fingerprint density at radius 2 is 1.73 bits per heavy atom. The van der Waals surface area contributed by atoms with E-state index in [0.717, 1.165) is 34.5 Å². The van der Waals surface area contributed by atoms with Gasteiger partial charge in [-0.1, -0.05) is 45.0 Å². The summed E-state index contributed by atoms with van der Waals surface area (Å²) in [7, 11) is 0. The van der Waals surface area contributed by atoms with Crippen LogP contribution in [-0.2, 0) is 23.9 Å². The highest BCUT2D eigenvalue weighted by Gasteiger charge is 2.45. The van der Waals surface area contributed by atoms with Gasteiger partial charge in [-0.3, -0.25) is 19.2 Å². The maximum absolute atomic E-state index is 14.0. The molecule has 2 aromatic rings. The van der Waals surface area contributed by atoms with Gasteiger partial charge in [-0.05, 0) is 68.9 Å². The molecular formula is C34H48N4O6S. The van der Waals surface area contributed by atoms with E-state index in [2.05, 4.69) is 15.6 Å². The minimum absolute atomic E-state index is 0.0234. The van der Waals surface area contributed by atoms with Crippen molar-refractivity contribution in [2.45, 2.75) is 104 Å². The van der Waals surface area contributed by atoms with Crippen molar-refractivity contribution < 1.29 is 29.0 Å². The topological polar surface area (TPSA) is 138 Å². The van der Waals surface area contributed by atoms with Crippen LogP contribution in [0.15, 0.2) is 29.8 Å². The van der Waals surface area contributed by atoms with Crippen LogP contribution < -0.4 is 10.6 Å². The number of hydrogen-bond donors (Lipinski definition) is 3. The summed E-state index contributed by atoms with van der Waals surface area (Å²) in [6, 6.07) is 5.93. The fraction of sp³-hybridized carbons (Fsp3) is 0.618. The Bertz CT molecular complexity index is 1350. The van der Waals surface area contributed by atoms with Crippen molar-refractivity contribution in [1.82, 2.24) is 20.5 Å². The largest absolute Gasteiger partial charge is 0.466 e. The van der Waals surface area contributed by atoms with Crippen molar-refractivity contribution in [1.29, 1.82) is 0 Å². The van der Waals surface area contributed by atoms with E-state index >= 15 is 0 Å². The van der Waals surface area contributed by atoms with Gasteiger partial charge in [0.05, 0.1) is 34.8 Å². The van der Waals surface area contributed by atoms with Crippen LogP contribution in [0.3, 0.4) is 0 Å². The highest BCUT2D eigenvalue weighted by atomic mass is 32.1. The number of aryl methyl sites for hydroxylation is 1. The number of aromatic nitrogens is 1. The number of benzene rings is 1. The quantitative estimate of drug-likeness (QED) is 0.324. The number of likely N-dealkylation sites (tertiary alicyclic amines) is 1. The average molecular weight is 641 g/mol. The number of aliphatic hydroxyl groups excluding tert-OH is 1. The molecule has 1 aliphatic heterocycles. The molecule has 4 rings (SSSR count). The third-order valence-corrected chi connectivity index (χ3v) is 10.00. The third kappa shape index (κ3) is 8.70. The van der Waals surface area contributed by atoms with E-state index in [1.807, 2.05) is 64.4 Å². The molecule has 0 spiro atoms. The fourth-order valence-electron chi connectivity index (χ4n) is 6.36. The smallest absolute Gasteiger partial charge is 0.306 e. The first-order valence-electron chi connectivity index (χ1n) is 16.0. The molecule has 0 bridgehead atoms. The predicted molar refractivity (Wildman–Crippen MR) is 173 cm³/mol. The lowest BCUT2D eigenvalue weighted by Gasteiger charge is -2.37. The first-order chi connectivity index (χ1) is 21.3. The monoisotopic (exact) mass is 640 g/mol. The van der Waals surface area contributed by atoms with Crippen LogP contribution in [0.5, 0.6) is 0 Å². The highest BCUT2D eigenvalue weighted by molar-refractivity contribution is 7.13. The van der Waals surface area contributed by atoms with Crippen LogP contribution in [-0.4, -0.2) is 70.0 Å². The number of aliphatic hydroxyl groups is 1. The number of amides is 3. The molecule has 10 nitrogen and oxygen atoms in total. The van der Waals surface area contributed by atoms with Crippen LogP contribution >= 0.6 is 11.3 Å². The van der Waals surface area contributed by atoms with Crippen molar-refractivity contribution in [3.8, 4) is 10.4 Å². The molecule has 0 radical (unpaired) electrons. The van der Waals surface area contributed by atoms with Crippen molar-refractivity contribution >= 4 is 35.0 Å². The lowest BCUT2D eigenvalue weighted by Crippen LogP contribution is -2.58. The SMILES string of the molecule is CCOC(=O)CC1CCC(C(=O)NC(C(=O)N2C[C@H](O)C[C@H]2C(=O)NC(C)c2ccc(-c3scnc3C)cc2)C(C)(C)C)CC1. The molecule has 1 aliphatic carbocycles. The fourth-order valence-corrected chi connectivity index (χ4v) is 7.17. The Hall–Kier alpha value is -3.31. The summed E-state index contributed by atoms with van der Waals surface area (Å²) in [5, 5.41) is 16.6. The highest BCUT2D eigenvalue weighted by Crippen LogP contribution is 2.33. The van der Waals surface area contributed by atoms with Gasteiger partial charge in [-0.15, -0.1) is 11.3 Å². The first-order valence-corrected chi connectivity index (χ1v) is 16.9. The molecule has 1 saturated carbocycles. The number of ether oxygens (including phenoxy) is 1. The van der Waals surface area contributed by atoms with Crippen molar-refractivity contribution in [3.05, 3.63) is 41.0 Å². The van der Waals surface area contributed by atoms with Gasteiger partial charge in [-0.2, -0.15) is 0 Å². The summed E-state index contributed by atoms with van der Waals surface area (Å²) < 4.78 is 5.07. The Morgan fingerprint density at radius 3 is 2.31 bits per heavy atom. The summed E-state index contributed by atoms with van der Waals surface area (Å²) in [6.45, 7) is 11.7. The summed E-state index contributed by atoms with van der Waals surface area (Å²) >= 11 is 1.58. The Balaban J connectivity index is 1.39. The van der Waals surface area contributed by atoms with Crippen LogP contribution in [0.1, 0.15) is 90.4 Å². The summed E-state index contributed by atoms with van der Waals surface area (Å²) in [6.07, 6.45) is 2.42. The van der Waals surface area contributed by atoms with Gasteiger partial charge in [0.15, 0.2) is 0 Å². The average Bonchev–Trinajstić information content (AvgIpc) is 3.60. The molecule has 3 N–H and O–H groups in total. The Morgan fingerprint density at radius 1 is 1.07 bits per heavy atom. The maximum Gasteiger partial charge on any atom is 0.306 e. The zero-order chi connectivity index (χ0) is 32.9. The minimum Gasteiger partial charge on any atom is -0.466 e. The number of carbonyl (C=O) groups excluding carboxylic acids is 4. The number of nitrogens with zero attached hydrogens (tertiary/aromatic N) is 2. The number of carbonyl (C=O) groups is 4. The number of β-amino-alcohol motifs (C(OH)–C–C–N with tert-alkyl or cyclic N) is 1. The second-order valence-corrected chi connectivity index (χ2v) is 14.4. The second kappa shape index (κ2) is 14.9. The summed E-state index contributed by atoms with van der Waals surface area (Å²) in [4.78, 5) is 59.7.